The van der Waals surface area contributed by atoms with E-state index in [1.165, 1.54) is 12.1 Å². The highest BCUT2D eigenvalue weighted by Crippen LogP contribution is 2.33. The van der Waals surface area contributed by atoms with Crippen molar-refractivity contribution in [1.82, 2.24) is 9.55 Å². The van der Waals surface area contributed by atoms with Gasteiger partial charge in [0.1, 0.15) is 17.1 Å². The number of Topliss-reactive ketones (excluding diaryl/α,β-unsaturated/α-hetero) is 1. The fourth-order valence-corrected chi connectivity index (χ4v) is 3.17. The van der Waals surface area contributed by atoms with Gasteiger partial charge in [-0.3, -0.25) is 4.79 Å². The number of carbonyl (C=O) groups excluding carboxylic acids is 1. The summed E-state index contributed by atoms with van der Waals surface area (Å²) in [5.41, 5.74) is 2.04. The number of fused-ring (bicyclic) bond motifs is 2. The third-order valence-corrected chi connectivity index (χ3v) is 4.77. The molecule has 0 amide bonds. The van der Waals surface area contributed by atoms with Crippen LogP contribution in [0.3, 0.4) is 0 Å². The Morgan fingerprint density at radius 3 is 2.74 bits per heavy atom. The van der Waals surface area contributed by atoms with Crippen molar-refractivity contribution in [3.8, 4) is 11.5 Å². The molecule has 0 atom stereocenters. The molecule has 2 aromatic carbocycles. The molecule has 0 aliphatic heterocycles. The lowest BCUT2D eigenvalue weighted by Gasteiger charge is -2.05. The Morgan fingerprint density at radius 2 is 2.00 bits per heavy atom. The summed E-state index contributed by atoms with van der Waals surface area (Å²) >= 11 is 0. The smallest absolute Gasteiger partial charge is 0.229 e. The van der Waals surface area contributed by atoms with Crippen LogP contribution in [0, 0.1) is 17.6 Å². The summed E-state index contributed by atoms with van der Waals surface area (Å²) in [6.45, 7) is 3.57. The summed E-state index contributed by atoms with van der Waals surface area (Å²) in [7, 11) is 1.80. The summed E-state index contributed by atoms with van der Waals surface area (Å²) in [6.07, 6.45) is 1.79. The van der Waals surface area contributed by atoms with E-state index in [-0.39, 0.29) is 35.4 Å². The van der Waals surface area contributed by atoms with Gasteiger partial charge < -0.3 is 8.98 Å². The van der Waals surface area contributed by atoms with E-state index < -0.39 is 5.82 Å². The number of hydrogen-bond donors (Lipinski definition) is 0. The fourth-order valence-electron chi connectivity index (χ4n) is 3.17. The molecule has 0 aliphatic rings. The highest BCUT2D eigenvalue weighted by atomic mass is 19.1. The summed E-state index contributed by atoms with van der Waals surface area (Å²) in [5, 5.41) is 0.765. The van der Waals surface area contributed by atoms with Gasteiger partial charge in [-0.1, -0.05) is 19.9 Å². The molecule has 0 fully saturated rings. The minimum atomic E-state index is -0.563. The van der Waals surface area contributed by atoms with Gasteiger partial charge in [-0.25, -0.2) is 13.8 Å². The average Bonchev–Trinajstić information content (AvgIpc) is 3.19. The van der Waals surface area contributed by atoms with Crippen LogP contribution in [-0.2, 0) is 18.3 Å². The first-order valence-electron chi connectivity index (χ1n) is 8.70. The third kappa shape index (κ3) is 2.91. The molecule has 0 saturated heterocycles. The number of rotatable bonds is 4. The maximum absolute atomic E-state index is 14.9. The summed E-state index contributed by atoms with van der Waals surface area (Å²) in [6, 6.07) is 7.67. The highest BCUT2D eigenvalue weighted by Gasteiger charge is 2.20. The Hall–Kier alpha value is -3.02. The van der Waals surface area contributed by atoms with Gasteiger partial charge in [0.25, 0.3) is 0 Å². The maximum Gasteiger partial charge on any atom is 0.229 e. The molecule has 6 heteroatoms. The van der Waals surface area contributed by atoms with Crippen LogP contribution < -0.4 is 0 Å². The highest BCUT2D eigenvalue weighted by molar-refractivity contribution is 5.95. The molecule has 0 radical (unpaired) electrons. The largest absolute Gasteiger partial charge is 0.433 e. The first kappa shape index (κ1) is 17.4. The number of nitrogens with zero attached hydrogens (tertiary/aromatic N) is 2. The average molecular weight is 368 g/mol. The predicted octanol–water partition coefficient (Wildman–Crippen LogP) is 5.03. The van der Waals surface area contributed by atoms with Gasteiger partial charge in [-0.15, -0.1) is 0 Å². The van der Waals surface area contributed by atoms with Crippen LogP contribution in [0.1, 0.15) is 19.4 Å². The molecule has 0 bridgehead atoms. The van der Waals surface area contributed by atoms with Crippen LogP contribution in [0.5, 0.6) is 0 Å². The third-order valence-electron chi connectivity index (χ3n) is 4.77. The Labute approximate surface area is 154 Å². The Kier molecular flexibility index (Phi) is 4.06. The van der Waals surface area contributed by atoms with E-state index in [4.69, 9.17) is 4.42 Å². The second kappa shape index (κ2) is 6.30. The number of benzene rings is 2. The molecule has 27 heavy (non-hydrogen) atoms. The molecule has 4 nitrogen and oxygen atoms in total. The van der Waals surface area contributed by atoms with Crippen molar-refractivity contribution in [1.29, 1.82) is 0 Å². The summed E-state index contributed by atoms with van der Waals surface area (Å²) < 4.78 is 35.9. The zero-order valence-electron chi connectivity index (χ0n) is 15.2. The number of aromatic nitrogens is 2. The van der Waals surface area contributed by atoms with E-state index in [0.717, 1.165) is 5.39 Å². The Bertz CT molecular complexity index is 1190. The normalized spacial score (nSPS) is 11.8. The zero-order valence-corrected chi connectivity index (χ0v) is 15.2. The number of aryl methyl sites for hydroxylation is 1. The molecular formula is C21H18F2N2O2. The lowest BCUT2D eigenvalue weighted by atomic mass is 10.0. The standard InChI is InChI=1S/C21H18F2N2O2/c1-11(2)18(26)8-12-4-7-16-20(19(12)23)27-21(24-16)15-10-25(3)17-9-13(22)5-6-14(15)17/h4-7,9-11H,8H2,1-3H3. The summed E-state index contributed by atoms with van der Waals surface area (Å²) in [4.78, 5) is 16.3. The molecule has 0 unspecified atom stereocenters. The predicted molar refractivity (Wildman–Crippen MR) is 99.4 cm³/mol. The number of halogens is 2. The van der Waals surface area contributed by atoms with Gasteiger partial charge in [0, 0.05) is 31.0 Å². The van der Waals surface area contributed by atoms with Crippen LogP contribution >= 0.6 is 0 Å². The number of oxazole rings is 1. The minimum Gasteiger partial charge on any atom is -0.433 e. The molecule has 4 rings (SSSR count). The molecule has 0 saturated carbocycles. The summed E-state index contributed by atoms with van der Waals surface area (Å²) in [5.74, 6) is -0.844. The monoisotopic (exact) mass is 368 g/mol. The first-order valence-corrected chi connectivity index (χ1v) is 8.70. The van der Waals surface area contributed by atoms with Gasteiger partial charge in [0.2, 0.25) is 5.89 Å². The molecule has 4 aromatic rings. The number of carbonyl (C=O) groups is 1. The van der Waals surface area contributed by atoms with E-state index in [1.54, 1.807) is 49.9 Å². The molecule has 2 heterocycles. The van der Waals surface area contributed by atoms with Crippen molar-refractivity contribution in [2.75, 3.05) is 0 Å². The number of ketones is 1. The Morgan fingerprint density at radius 1 is 1.22 bits per heavy atom. The number of hydrogen-bond acceptors (Lipinski definition) is 3. The first-order chi connectivity index (χ1) is 12.8. The molecule has 2 aromatic heterocycles. The zero-order chi connectivity index (χ0) is 19.3. The van der Waals surface area contributed by atoms with Crippen molar-refractivity contribution >= 4 is 27.8 Å². The molecular weight excluding hydrogens is 350 g/mol. The second-order valence-corrected chi connectivity index (χ2v) is 7.02. The van der Waals surface area contributed by atoms with Gasteiger partial charge in [0.05, 0.1) is 11.1 Å². The van der Waals surface area contributed by atoms with E-state index in [2.05, 4.69) is 4.98 Å². The van der Waals surface area contributed by atoms with E-state index >= 15 is 0 Å². The molecule has 0 aliphatic carbocycles. The van der Waals surface area contributed by atoms with Crippen LogP contribution in [-0.4, -0.2) is 15.3 Å². The lowest BCUT2D eigenvalue weighted by Crippen LogP contribution is -2.11. The SMILES string of the molecule is CC(C)C(=O)Cc1ccc2nc(-c3cn(C)c4cc(F)ccc34)oc2c1F. The van der Waals surface area contributed by atoms with E-state index in [0.29, 0.717) is 22.2 Å². The maximum atomic E-state index is 14.9. The van der Waals surface area contributed by atoms with Gasteiger partial charge in [-0.2, -0.15) is 0 Å². The Balaban J connectivity index is 1.83. The minimum absolute atomic E-state index is 0.0169. The van der Waals surface area contributed by atoms with Crippen LogP contribution in [0.4, 0.5) is 8.78 Å². The van der Waals surface area contributed by atoms with Crippen molar-refractivity contribution < 1.29 is 18.0 Å². The van der Waals surface area contributed by atoms with E-state index in [1.807, 2.05) is 0 Å². The van der Waals surface area contributed by atoms with Gasteiger partial charge in [-0.05, 0) is 29.8 Å². The van der Waals surface area contributed by atoms with E-state index in [9.17, 15) is 13.6 Å². The van der Waals surface area contributed by atoms with Crippen molar-refractivity contribution in [2.24, 2.45) is 13.0 Å². The molecule has 0 spiro atoms. The van der Waals surface area contributed by atoms with Crippen LogP contribution in [0.2, 0.25) is 0 Å². The topological polar surface area (TPSA) is 48.0 Å². The van der Waals surface area contributed by atoms with Crippen molar-refractivity contribution in [2.45, 2.75) is 20.3 Å². The van der Waals surface area contributed by atoms with Crippen LogP contribution in [0.25, 0.3) is 33.5 Å². The van der Waals surface area contributed by atoms with Gasteiger partial charge in [0.15, 0.2) is 11.4 Å². The van der Waals surface area contributed by atoms with Gasteiger partial charge >= 0.3 is 0 Å². The van der Waals surface area contributed by atoms with Crippen molar-refractivity contribution in [3.63, 3.8) is 0 Å². The quantitative estimate of drug-likeness (QED) is 0.507. The second-order valence-electron chi connectivity index (χ2n) is 7.02. The fraction of sp³-hybridized carbons (Fsp3) is 0.238. The molecule has 0 N–H and O–H groups in total. The molecule has 138 valence electrons. The lowest BCUT2D eigenvalue weighted by molar-refractivity contribution is -0.121. The van der Waals surface area contributed by atoms with Crippen LogP contribution in [0.15, 0.2) is 40.9 Å². The van der Waals surface area contributed by atoms with Crippen molar-refractivity contribution in [3.05, 3.63) is 53.7 Å².